The van der Waals surface area contributed by atoms with Crippen LogP contribution in [0.25, 0.3) is 0 Å². The van der Waals surface area contributed by atoms with Crippen molar-refractivity contribution in [3.63, 3.8) is 0 Å². The zero-order chi connectivity index (χ0) is 13.1. The molecule has 3 nitrogen and oxygen atoms in total. The van der Waals surface area contributed by atoms with E-state index in [0.717, 1.165) is 25.7 Å². The molecule has 4 atom stereocenters. The Balaban J connectivity index is 1.99. The summed E-state index contributed by atoms with van der Waals surface area (Å²) in [6.45, 7) is 8.18. The standard InChI is InChI=1S/C15H20O3/c1-9-10-8-15(3)12(16)5-7-14(15,2)6-4-11(10)18-13(9)17/h10-11H,1,4-8H2,2-3H3/t10-,11-,14?,15-/m1/s1. The number of Topliss-reactive ketones (excluding diaryl/α,β-unsaturated/α-hetero) is 1. The predicted molar refractivity (Wildman–Crippen MR) is 66.8 cm³/mol. The minimum atomic E-state index is -0.302. The van der Waals surface area contributed by atoms with Gasteiger partial charge in [0.15, 0.2) is 0 Å². The highest BCUT2D eigenvalue weighted by Gasteiger charge is 2.59. The molecule has 2 aliphatic carbocycles. The van der Waals surface area contributed by atoms with Gasteiger partial charge in [-0.2, -0.15) is 0 Å². The summed E-state index contributed by atoms with van der Waals surface area (Å²) in [6.07, 6.45) is 4.19. The maximum atomic E-state index is 12.3. The lowest BCUT2D eigenvalue weighted by molar-refractivity contribution is -0.139. The zero-order valence-corrected chi connectivity index (χ0v) is 11.1. The quantitative estimate of drug-likeness (QED) is 0.489. The number of esters is 1. The highest BCUT2D eigenvalue weighted by Crippen LogP contribution is 2.60. The molecule has 0 N–H and O–H groups in total. The van der Waals surface area contributed by atoms with Crippen molar-refractivity contribution >= 4 is 11.8 Å². The molecule has 0 amide bonds. The third kappa shape index (κ3) is 1.30. The number of hydrogen-bond acceptors (Lipinski definition) is 3. The van der Waals surface area contributed by atoms with Crippen LogP contribution in [-0.2, 0) is 14.3 Å². The van der Waals surface area contributed by atoms with Gasteiger partial charge in [0, 0.05) is 23.3 Å². The van der Waals surface area contributed by atoms with Crippen LogP contribution in [0.1, 0.15) is 46.0 Å². The van der Waals surface area contributed by atoms with Gasteiger partial charge in [0.2, 0.25) is 0 Å². The largest absolute Gasteiger partial charge is 0.458 e. The van der Waals surface area contributed by atoms with Crippen LogP contribution in [0.5, 0.6) is 0 Å². The minimum absolute atomic E-state index is 0.0444. The van der Waals surface area contributed by atoms with E-state index in [4.69, 9.17) is 4.74 Å². The summed E-state index contributed by atoms with van der Waals surface area (Å²) >= 11 is 0. The molecule has 0 radical (unpaired) electrons. The molecular weight excluding hydrogens is 228 g/mol. The van der Waals surface area contributed by atoms with Gasteiger partial charge in [-0.25, -0.2) is 4.79 Å². The van der Waals surface area contributed by atoms with Crippen LogP contribution >= 0.6 is 0 Å². The van der Waals surface area contributed by atoms with Crippen LogP contribution < -0.4 is 0 Å². The summed E-state index contributed by atoms with van der Waals surface area (Å²) in [6, 6.07) is 0. The van der Waals surface area contributed by atoms with Crippen molar-refractivity contribution < 1.29 is 14.3 Å². The Labute approximate surface area is 108 Å². The summed E-state index contributed by atoms with van der Waals surface area (Å²) in [4.78, 5) is 23.9. The summed E-state index contributed by atoms with van der Waals surface area (Å²) in [5.41, 5.74) is 0.343. The number of ether oxygens (including phenoxy) is 1. The van der Waals surface area contributed by atoms with Gasteiger partial charge in [0.25, 0.3) is 0 Å². The predicted octanol–water partition coefficient (Wildman–Crippen LogP) is 2.64. The smallest absolute Gasteiger partial charge is 0.334 e. The van der Waals surface area contributed by atoms with E-state index in [9.17, 15) is 9.59 Å². The van der Waals surface area contributed by atoms with Crippen molar-refractivity contribution in [1.82, 2.24) is 0 Å². The van der Waals surface area contributed by atoms with Crippen molar-refractivity contribution in [3.8, 4) is 0 Å². The van der Waals surface area contributed by atoms with E-state index in [1.54, 1.807) is 0 Å². The van der Waals surface area contributed by atoms with E-state index in [-0.39, 0.29) is 28.8 Å². The number of carbonyl (C=O) groups is 2. The molecule has 2 saturated carbocycles. The first-order valence-corrected chi connectivity index (χ1v) is 6.80. The molecular formula is C15H20O3. The van der Waals surface area contributed by atoms with Crippen LogP contribution in [0.4, 0.5) is 0 Å². The van der Waals surface area contributed by atoms with E-state index >= 15 is 0 Å². The molecule has 3 fully saturated rings. The normalized spacial score (nSPS) is 47.6. The van der Waals surface area contributed by atoms with E-state index in [2.05, 4.69) is 20.4 Å². The lowest BCUT2D eigenvalue weighted by atomic mass is 9.63. The first-order valence-electron chi connectivity index (χ1n) is 6.80. The second kappa shape index (κ2) is 3.46. The van der Waals surface area contributed by atoms with Crippen molar-refractivity contribution in [1.29, 1.82) is 0 Å². The second-order valence-electron chi connectivity index (χ2n) is 6.63. The van der Waals surface area contributed by atoms with Gasteiger partial charge in [-0.05, 0) is 31.1 Å². The molecule has 0 aromatic carbocycles. The van der Waals surface area contributed by atoms with Gasteiger partial charge in [0.05, 0.1) is 0 Å². The van der Waals surface area contributed by atoms with Crippen LogP contribution in [0.3, 0.4) is 0 Å². The average Bonchev–Trinajstić information content (AvgIpc) is 2.66. The Morgan fingerprint density at radius 1 is 1.28 bits per heavy atom. The fourth-order valence-corrected chi connectivity index (χ4v) is 4.13. The summed E-state index contributed by atoms with van der Waals surface area (Å²) in [5.74, 6) is 0.145. The molecule has 0 spiro atoms. The van der Waals surface area contributed by atoms with E-state index in [1.807, 2.05) is 0 Å². The third-order valence-corrected chi connectivity index (χ3v) is 5.88. The van der Waals surface area contributed by atoms with Gasteiger partial charge >= 0.3 is 5.97 Å². The first-order chi connectivity index (χ1) is 8.37. The fourth-order valence-electron chi connectivity index (χ4n) is 4.13. The Morgan fingerprint density at radius 2 is 2.00 bits per heavy atom. The number of ketones is 1. The van der Waals surface area contributed by atoms with E-state index < -0.39 is 0 Å². The summed E-state index contributed by atoms with van der Waals surface area (Å²) in [7, 11) is 0. The molecule has 3 heteroatoms. The number of carbonyl (C=O) groups excluding carboxylic acids is 2. The summed E-state index contributed by atoms with van der Waals surface area (Å²) < 4.78 is 5.40. The molecule has 0 aromatic rings. The Morgan fingerprint density at radius 3 is 2.72 bits per heavy atom. The fraction of sp³-hybridized carbons (Fsp3) is 0.733. The number of fused-ring (bicyclic) bond motifs is 2. The third-order valence-electron chi connectivity index (χ3n) is 5.88. The number of rotatable bonds is 0. The molecule has 1 aliphatic heterocycles. The molecule has 1 heterocycles. The Bertz CT molecular complexity index is 453. The highest BCUT2D eigenvalue weighted by atomic mass is 16.6. The average molecular weight is 248 g/mol. The van der Waals surface area contributed by atoms with Gasteiger partial charge < -0.3 is 4.74 Å². The molecule has 1 unspecified atom stereocenters. The first kappa shape index (κ1) is 11.9. The monoisotopic (exact) mass is 248 g/mol. The molecule has 0 aromatic heterocycles. The van der Waals surface area contributed by atoms with Gasteiger partial charge in [0.1, 0.15) is 11.9 Å². The van der Waals surface area contributed by atoms with Crippen molar-refractivity contribution in [3.05, 3.63) is 12.2 Å². The maximum absolute atomic E-state index is 12.3. The van der Waals surface area contributed by atoms with Gasteiger partial charge in [-0.1, -0.05) is 20.4 Å². The lowest BCUT2D eigenvalue weighted by Gasteiger charge is -2.39. The molecule has 1 saturated heterocycles. The molecule has 0 bridgehead atoms. The van der Waals surface area contributed by atoms with Crippen molar-refractivity contribution in [2.45, 2.75) is 52.1 Å². The minimum Gasteiger partial charge on any atom is -0.458 e. The van der Waals surface area contributed by atoms with Crippen LogP contribution in [0, 0.1) is 16.7 Å². The topological polar surface area (TPSA) is 43.4 Å². The van der Waals surface area contributed by atoms with E-state index in [0.29, 0.717) is 17.8 Å². The van der Waals surface area contributed by atoms with Crippen molar-refractivity contribution in [2.24, 2.45) is 16.7 Å². The second-order valence-corrected chi connectivity index (χ2v) is 6.63. The lowest BCUT2D eigenvalue weighted by Crippen LogP contribution is -2.37. The summed E-state index contributed by atoms with van der Waals surface area (Å²) in [5, 5.41) is 0. The van der Waals surface area contributed by atoms with Gasteiger partial charge in [-0.3, -0.25) is 4.79 Å². The Hall–Kier alpha value is -1.12. The highest BCUT2D eigenvalue weighted by molar-refractivity contribution is 5.92. The molecule has 18 heavy (non-hydrogen) atoms. The maximum Gasteiger partial charge on any atom is 0.334 e. The van der Waals surface area contributed by atoms with Gasteiger partial charge in [-0.15, -0.1) is 0 Å². The van der Waals surface area contributed by atoms with E-state index in [1.165, 1.54) is 0 Å². The Kier molecular flexibility index (Phi) is 2.30. The van der Waals surface area contributed by atoms with Crippen LogP contribution in [0.15, 0.2) is 12.2 Å². The molecule has 3 rings (SSSR count). The number of hydrogen-bond donors (Lipinski definition) is 0. The van der Waals surface area contributed by atoms with Crippen molar-refractivity contribution in [2.75, 3.05) is 0 Å². The zero-order valence-electron chi connectivity index (χ0n) is 11.1. The SMILES string of the molecule is C=C1C(=O)O[C@@H]2CCC3(C)CCC(=O)[C@@]3(C)C[C@H]12. The van der Waals surface area contributed by atoms with Crippen LogP contribution in [-0.4, -0.2) is 17.9 Å². The molecule has 98 valence electrons. The molecule has 3 aliphatic rings. The van der Waals surface area contributed by atoms with Crippen LogP contribution in [0.2, 0.25) is 0 Å².